The fourth-order valence-electron chi connectivity index (χ4n) is 3.52. The monoisotopic (exact) mass is 403 g/mol. The quantitative estimate of drug-likeness (QED) is 0.548. The van der Waals surface area contributed by atoms with E-state index in [4.69, 9.17) is 20.5 Å². The minimum Gasteiger partial charge on any atom is -0.492 e. The molecule has 4 N–H and O–H groups in total. The molecule has 0 unspecified atom stereocenters. The molecule has 1 saturated carbocycles. The Kier molecular flexibility index (Phi) is 4.48. The summed E-state index contributed by atoms with van der Waals surface area (Å²) < 4.78 is 12.1. The van der Waals surface area contributed by atoms with Crippen LogP contribution in [0, 0.1) is 16.7 Å². The second-order valence-corrected chi connectivity index (χ2v) is 7.71. The summed E-state index contributed by atoms with van der Waals surface area (Å²) in [4.78, 5) is 8.17. The van der Waals surface area contributed by atoms with Crippen LogP contribution in [0.4, 0.5) is 11.6 Å². The molecule has 1 fully saturated rings. The van der Waals surface area contributed by atoms with E-state index in [9.17, 15) is 0 Å². The molecule has 0 spiro atoms. The summed E-state index contributed by atoms with van der Waals surface area (Å²) >= 11 is 0. The normalized spacial score (nSPS) is 15.7. The van der Waals surface area contributed by atoms with Crippen LogP contribution in [-0.2, 0) is 6.42 Å². The number of nitriles is 1. The van der Waals surface area contributed by atoms with E-state index in [2.05, 4.69) is 31.5 Å². The third-order valence-electron chi connectivity index (χ3n) is 5.61. The highest BCUT2D eigenvalue weighted by Crippen LogP contribution is 2.47. The van der Waals surface area contributed by atoms with Crippen LogP contribution >= 0.6 is 0 Å². The lowest BCUT2D eigenvalue weighted by molar-refractivity contribution is 0.239. The summed E-state index contributed by atoms with van der Waals surface area (Å²) in [5, 5.41) is 19.3. The molecule has 2 aromatic heterocycles. The predicted molar refractivity (Wildman–Crippen MR) is 109 cm³/mol. The first kappa shape index (κ1) is 18.4. The molecule has 1 aliphatic carbocycles. The molecule has 3 aromatic rings. The van der Waals surface area contributed by atoms with Crippen molar-refractivity contribution in [2.75, 3.05) is 25.1 Å². The Hall–Kier alpha value is -3.64. The van der Waals surface area contributed by atoms with Gasteiger partial charge in [-0.1, -0.05) is 6.07 Å². The van der Waals surface area contributed by atoms with Crippen molar-refractivity contribution in [3.63, 3.8) is 0 Å². The van der Waals surface area contributed by atoms with Gasteiger partial charge in [0.25, 0.3) is 0 Å². The van der Waals surface area contributed by atoms with Crippen LogP contribution in [0.25, 0.3) is 11.3 Å². The lowest BCUT2D eigenvalue weighted by atomic mass is 10.0. The first-order valence-corrected chi connectivity index (χ1v) is 9.86. The van der Waals surface area contributed by atoms with E-state index >= 15 is 0 Å². The van der Waals surface area contributed by atoms with Gasteiger partial charge in [0.15, 0.2) is 11.5 Å². The van der Waals surface area contributed by atoms with Crippen molar-refractivity contribution >= 4 is 11.6 Å². The highest BCUT2D eigenvalue weighted by atomic mass is 16.5. The van der Waals surface area contributed by atoms with Crippen molar-refractivity contribution in [1.29, 1.82) is 5.26 Å². The van der Waals surface area contributed by atoms with Crippen LogP contribution in [0.5, 0.6) is 11.5 Å². The second-order valence-electron chi connectivity index (χ2n) is 7.71. The number of aromatic amines is 1. The van der Waals surface area contributed by atoms with Crippen LogP contribution < -0.4 is 20.5 Å². The van der Waals surface area contributed by atoms with E-state index in [-0.39, 0.29) is 11.1 Å². The van der Waals surface area contributed by atoms with Crippen LogP contribution in [0.1, 0.15) is 24.1 Å². The van der Waals surface area contributed by atoms with Gasteiger partial charge in [0.1, 0.15) is 23.4 Å². The Bertz CT molecular complexity index is 1110. The van der Waals surface area contributed by atoms with Crippen molar-refractivity contribution < 1.29 is 9.47 Å². The third-order valence-corrected chi connectivity index (χ3v) is 5.61. The Morgan fingerprint density at radius 3 is 2.90 bits per heavy atom. The standard InChI is InChI=1S/C21H21N7O2/c22-8-14-9-25-18(10-24-14)26-17-7-15(27-28-17)19-16(30-12-21(11-23)4-5-21)2-1-13-3-6-29-20(13)19/h1-2,7,9-10H,3-6,11-12,23H2,(H2,25,26,27,28). The van der Waals surface area contributed by atoms with Gasteiger partial charge in [-0.15, -0.1) is 0 Å². The molecule has 0 radical (unpaired) electrons. The zero-order chi connectivity index (χ0) is 20.6. The summed E-state index contributed by atoms with van der Waals surface area (Å²) in [7, 11) is 0. The van der Waals surface area contributed by atoms with E-state index in [1.165, 1.54) is 12.4 Å². The molecule has 1 aromatic carbocycles. The maximum atomic E-state index is 8.84. The summed E-state index contributed by atoms with van der Waals surface area (Å²) in [6.07, 6.45) is 5.97. The Morgan fingerprint density at radius 2 is 2.17 bits per heavy atom. The molecular formula is C21H21N7O2. The fourth-order valence-corrected chi connectivity index (χ4v) is 3.52. The van der Waals surface area contributed by atoms with Crippen molar-refractivity contribution in [2.45, 2.75) is 19.3 Å². The highest BCUT2D eigenvalue weighted by molar-refractivity contribution is 5.78. The van der Waals surface area contributed by atoms with Crippen LogP contribution in [0.2, 0.25) is 0 Å². The zero-order valence-corrected chi connectivity index (χ0v) is 16.3. The number of hydrogen-bond donors (Lipinski definition) is 3. The number of nitrogens with zero attached hydrogens (tertiary/aromatic N) is 4. The average molecular weight is 403 g/mol. The second kappa shape index (κ2) is 7.31. The number of aromatic nitrogens is 4. The molecule has 9 heteroatoms. The number of rotatable bonds is 7. The maximum absolute atomic E-state index is 8.84. The number of H-pyrrole nitrogens is 1. The number of anilines is 2. The van der Waals surface area contributed by atoms with Crippen LogP contribution in [0.15, 0.2) is 30.6 Å². The van der Waals surface area contributed by atoms with E-state index in [0.29, 0.717) is 31.4 Å². The molecule has 5 rings (SSSR count). The molecule has 0 amide bonds. The van der Waals surface area contributed by atoms with Gasteiger partial charge in [-0.3, -0.25) is 5.10 Å². The topological polar surface area (TPSA) is 135 Å². The van der Waals surface area contributed by atoms with Gasteiger partial charge in [0, 0.05) is 24.4 Å². The highest BCUT2D eigenvalue weighted by Gasteiger charge is 2.42. The van der Waals surface area contributed by atoms with Gasteiger partial charge in [-0.05, 0) is 24.5 Å². The number of hydrogen-bond acceptors (Lipinski definition) is 8. The molecule has 152 valence electrons. The molecule has 30 heavy (non-hydrogen) atoms. The maximum Gasteiger partial charge on any atom is 0.158 e. The molecule has 0 atom stereocenters. The van der Waals surface area contributed by atoms with Crippen molar-refractivity contribution in [3.05, 3.63) is 41.9 Å². The minimum absolute atomic E-state index is 0.103. The molecule has 0 saturated heterocycles. The predicted octanol–water partition coefficient (Wildman–Crippen LogP) is 2.53. The smallest absolute Gasteiger partial charge is 0.158 e. The number of nitrogens with two attached hydrogens (primary N) is 1. The van der Waals surface area contributed by atoms with Crippen molar-refractivity contribution in [3.8, 4) is 28.8 Å². The fraction of sp³-hybridized carbons (Fsp3) is 0.333. The minimum atomic E-state index is 0.103. The molecular weight excluding hydrogens is 382 g/mol. The first-order chi connectivity index (χ1) is 14.7. The molecule has 2 aliphatic rings. The number of ether oxygens (including phenoxy) is 2. The van der Waals surface area contributed by atoms with E-state index in [1.807, 2.05) is 18.2 Å². The Labute approximate surface area is 173 Å². The summed E-state index contributed by atoms with van der Waals surface area (Å²) in [5.74, 6) is 2.66. The summed E-state index contributed by atoms with van der Waals surface area (Å²) in [6, 6.07) is 7.88. The van der Waals surface area contributed by atoms with Crippen LogP contribution in [-0.4, -0.2) is 39.9 Å². The van der Waals surface area contributed by atoms with Crippen LogP contribution in [0.3, 0.4) is 0 Å². The van der Waals surface area contributed by atoms with Gasteiger partial charge in [-0.25, -0.2) is 9.97 Å². The van der Waals surface area contributed by atoms with E-state index in [0.717, 1.165) is 47.6 Å². The third kappa shape index (κ3) is 3.42. The molecule has 9 nitrogen and oxygen atoms in total. The van der Waals surface area contributed by atoms with Gasteiger partial charge in [-0.2, -0.15) is 10.4 Å². The molecule has 1 aliphatic heterocycles. The number of benzene rings is 1. The number of nitrogens with one attached hydrogen (secondary N) is 2. The Balaban J connectivity index is 1.43. The van der Waals surface area contributed by atoms with Gasteiger partial charge in [0.05, 0.1) is 36.9 Å². The SMILES string of the molecule is N#Cc1cnc(Nc2cc(-c3c(OCC4(CN)CC4)ccc4c3OCC4)[nH]n2)cn1. The summed E-state index contributed by atoms with van der Waals surface area (Å²) in [5.41, 5.74) is 9.07. The number of fused-ring (bicyclic) bond motifs is 1. The average Bonchev–Trinajstić information content (AvgIpc) is 3.17. The molecule has 0 bridgehead atoms. The molecule has 3 heterocycles. The lowest BCUT2D eigenvalue weighted by Gasteiger charge is -2.17. The van der Waals surface area contributed by atoms with Crippen molar-refractivity contribution in [2.24, 2.45) is 11.1 Å². The van der Waals surface area contributed by atoms with E-state index < -0.39 is 0 Å². The Morgan fingerprint density at radius 1 is 1.27 bits per heavy atom. The van der Waals surface area contributed by atoms with Gasteiger partial charge in [0.2, 0.25) is 0 Å². The van der Waals surface area contributed by atoms with E-state index in [1.54, 1.807) is 0 Å². The largest absolute Gasteiger partial charge is 0.492 e. The first-order valence-electron chi connectivity index (χ1n) is 9.86. The van der Waals surface area contributed by atoms with Gasteiger partial charge < -0.3 is 20.5 Å². The van der Waals surface area contributed by atoms with Crippen molar-refractivity contribution in [1.82, 2.24) is 20.2 Å². The summed E-state index contributed by atoms with van der Waals surface area (Å²) in [6.45, 7) is 1.88. The van der Waals surface area contributed by atoms with Gasteiger partial charge >= 0.3 is 0 Å². The zero-order valence-electron chi connectivity index (χ0n) is 16.3. The lowest BCUT2D eigenvalue weighted by Crippen LogP contribution is -2.23.